The molecule has 88 valence electrons. The highest BCUT2D eigenvalue weighted by Crippen LogP contribution is 2.37. The van der Waals surface area contributed by atoms with E-state index in [2.05, 4.69) is 4.90 Å². The number of hydrogen-bond donors (Lipinski definition) is 2. The average Bonchev–Trinajstić information content (AvgIpc) is 2.72. The molecule has 1 aliphatic heterocycles. The number of likely N-dealkylation sites (tertiary alicyclic amines) is 1. The van der Waals surface area contributed by atoms with E-state index in [9.17, 15) is 9.90 Å². The Balaban J connectivity index is 2.29. The van der Waals surface area contributed by atoms with Crippen LogP contribution in [-0.2, 0) is 5.60 Å². The lowest BCUT2D eigenvalue weighted by molar-refractivity contribution is -0.0181. The van der Waals surface area contributed by atoms with Crippen LogP contribution in [0.4, 0.5) is 0 Å². The minimum absolute atomic E-state index is 0.247. The number of thiophene rings is 1. The van der Waals surface area contributed by atoms with Crippen LogP contribution in [0.5, 0.6) is 0 Å². The van der Waals surface area contributed by atoms with Crippen LogP contribution in [0.15, 0.2) is 11.4 Å². The van der Waals surface area contributed by atoms with Gasteiger partial charge >= 0.3 is 5.97 Å². The van der Waals surface area contributed by atoms with Gasteiger partial charge in [0, 0.05) is 13.1 Å². The van der Waals surface area contributed by atoms with E-state index in [-0.39, 0.29) is 5.56 Å². The molecule has 2 rings (SSSR count). The van der Waals surface area contributed by atoms with E-state index in [1.54, 1.807) is 11.4 Å². The van der Waals surface area contributed by atoms with Gasteiger partial charge in [0.25, 0.3) is 0 Å². The quantitative estimate of drug-likeness (QED) is 0.820. The van der Waals surface area contributed by atoms with Gasteiger partial charge in [-0.1, -0.05) is 0 Å². The lowest BCUT2D eigenvalue weighted by Gasteiger charge is -2.36. The zero-order valence-electron chi connectivity index (χ0n) is 9.14. The predicted octanol–water partition coefficient (Wildman–Crippen LogP) is 1.36. The van der Waals surface area contributed by atoms with Gasteiger partial charge in [-0.05, 0) is 31.3 Å². The first-order chi connectivity index (χ1) is 7.53. The van der Waals surface area contributed by atoms with Gasteiger partial charge in [-0.3, -0.25) is 0 Å². The maximum Gasteiger partial charge on any atom is 0.336 e. The molecule has 0 atom stereocenters. The first kappa shape index (κ1) is 11.6. The molecule has 1 fully saturated rings. The summed E-state index contributed by atoms with van der Waals surface area (Å²) in [5.74, 6) is -0.955. The number of aromatic carboxylic acids is 1. The van der Waals surface area contributed by atoms with Crippen molar-refractivity contribution < 1.29 is 15.0 Å². The third kappa shape index (κ3) is 1.98. The van der Waals surface area contributed by atoms with Crippen molar-refractivity contribution in [1.29, 1.82) is 0 Å². The van der Waals surface area contributed by atoms with Gasteiger partial charge in [-0.25, -0.2) is 4.79 Å². The molecule has 2 heterocycles. The van der Waals surface area contributed by atoms with Crippen molar-refractivity contribution in [2.24, 2.45) is 0 Å². The second-order valence-corrected chi connectivity index (χ2v) is 5.22. The molecular weight excluding hydrogens is 226 g/mol. The van der Waals surface area contributed by atoms with Crippen molar-refractivity contribution in [1.82, 2.24) is 4.90 Å². The van der Waals surface area contributed by atoms with Crippen molar-refractivity contribution in [2.45, 2.75) is 18.4 Å². The Hall–Kier alpha value is -0.910. The highest BCUT2D eigenvalue weighted by Gasteiger charge is 2.37. The molecule has 1 aliphatic rings. The summed E-state index contributed by atoms with van der Waals surface area (Å²) >= 11 is 1.34. The smallest absolute Gasteiger partial charge is 0.336 e. The summed E-state index contributed by atoms with van der Waals surface area (Å²) in [7, 11) is 2.01. The van der Waals surface area contributed by atoms with Crippen LogP contribution in [0.1, 0.15) is 28.1 Å². The molecule has 1 aromatic heterocycles. The van der Waals surface area contributed by atoms with Crippen molar-refractivity contribution in [2.75, 3.05) is 20.1 Å². The molecule has 0 radical (unpaired) electrons. The van der Waals surface area contributed by atoms with E-state index in [4.69, 9.17) is 5.11 Å². The largest absolute Gasteiger partial charge is 0.478 e. The van der Waals surface area contributed by atoms with Crippen LogP contribution in [-0.4, -0.2) is 41.2 Å². The monoisotopic (exact) mass is 241 g/mol. The number of carboxylic acid groups (broad SMARTS) is 1. The Labute approximate surface area is 98.1 Å². The van der Waals surface area contributed by atoms with E-state index in [1.165, 1.54) is 11.3 Å². The van der Waals surface area contributed by atoms with Crippen LogP contribution < -0.4 is 0 Å². The molecule has 0 saturated carbocycles. The normalized spacial score (nSPS) is 20.9. The molecule has 1 aromatic rings. The van der Waals surface area contributed by atoms with Gasteiger partial charge in [-0.2, -0.15) is 0 Å². The average molecular weight is 241 g/mol. The molecule has 5 heteroatoms. The molecule has 0 unspecified atom stereocenters. The maximum atomic E-state index is 11.0. The van der Waals surface area contributed by atoms with Crippen molar-refractivity contribution in [3.8, 4) is 0 Å². The Kier molecular flexibility index (Phi) is 3.01. The molecule has 0 aromatic carbocycles. The summed E-state index contributed by atoms with van der Waals surface area (Å²) in [6, 6.07) is 1.57. The van der Waals surface area contributed by atoms with Crippen LogP contribution in [0.25, 0.3) is 0 Å². The van der Waals surface area contributed by atoms with E-state index in [0.29, 0.717) is 17.7 Å². The fourth-order valence-electron chi connectivity index (χ4n) is 2.05. The first-order valence-electron chi connectivity index (χ1n) is 5.25. The fourth-order valence-corrected chi connectivity index (χ4v) is 3.10. The molecule has 16 heavy (non-hydrogen) atoms. The topological polar surface area (TPSA) is 60.8 Å². The summed E-state index contributed by atoms with van der Waals surface area (Å²) in [4.78, 5) is 13.8. The molecule has 0 bridgehead atoms. The van der Waals surface area contributed by atoms with Gasteiger partial charge in [0.1, 0.15) is 5.60 Å². The molecular formula is C11H15NO3S. The van der Waals surface area contributed by atoms with Crippen LogP contribution >= 0.6 is 11.3 Å². The van der Waals surface area contributed by atoms with E-state index >= 15 is 0 Å². The standard InChI is InChI=1S/C11H15NO3S/c1-12-5-3-11(15,4-6-12)9-8(10(13)14)2-7-16-9/h2,7,15H,3-6H2,1H3,(H,13,14). The molecule has 4 nitrogen and oxygen atoms in total. The zero-order chi connectivity index (χ0) is 11.8. The van der Waals surface area contributed by atoms with Crippen LogP contribution in [0.3, 0.4) is 0 Å². The van der Waals surface area contributed by atoms with E-state index in [0.717, 1.165) is 13.1 Å². The van der Waals surface area contributed by atoms with Crippen LogP contribution in [0, 0.1) is 0 Å². The highest BCUT2D eigenvalue weighted by molar-refractivity contribution is 7.10. The number of aliphatic hydroxyl groups is 1. The lowest BCUT2D eigenvalue weighted by Crippen LogP contribution is -2.40. The zero-order valence-corrected chi connectivity index (χ0v) is 9.96. The van der Waals surface area contributed by atoms with Crippen molar-refractivity contribution >= 4 is 17.3 Å². The molecule has 0 amide bonds. The number of carboxylic acids is 1. The number of rotatable bonds is 2. The minimum Gasteiger partial charge on any atom is -0.478 e. The second kappa shape index (κ2) is 4.16. The van der Waals surface area contributed by atoms with E-state index < -0.39 is 11.6 Å². The van der Waals surface area contributed by atoms with Crippen LogP contribution in [0.2, 0.25) is 0 Å². The van der Waals surface area contributed by atoms with Gasteiger partial charge in [0.05, 0.1) is 10.4 Å². The highest BCUT2D eigenvalue weighted by atomic mass is 32.1. The van der Waals surface area contributed by atoms with Gasteiger partial charge in [-0.15, -0.1) is 11.3 Å². The Morgan fingerprint density at radius 1 is 1.50 bits per heavy atom. The summed E-state index contributed by atoms with van der Waals surface area (Å²) in [6.07, 6.45) is 1.20. The Morgan fingerprint density at radius 2 is 2.12 bits per heavy atom. The first-order valence-corrected chi connectivity index (χ1v) is 6.13. The molecule has 0 spiro atoms. The Bertz CT molecular complexity index is 394. The molecule has 0 aliphatic carbocycles. The third-order valence-electron chi connectivity index (χ3n) is 3.13. The molecule has 2 N–H and O–H groups in total. The predicted molar refractivity (Wildman–Crippen MR) is 61.9 cm³/mol. The van der Waals surface area contributed by atoms with Gasteiger partial charge in [0.2, 0.25) is 0 Å². The van der Waals surface area contributed by atoms with Gasteiger partial charge < -0.3 is 15.1 Å². The summed E-state index contributed by atoms with van der Waals surface area (Å²) < 4.78 is 0. The third-order valence-corrected chi connectivity index (χ3v) is 4.24. The number of hydrogen-bond acceptors (Lipinski definition) is 4. The SMILES string of the molecule is CN1CCC(O)(c2sccc2C(=O)O)CC1. The second-order valence-electron chi connectivity index (χ2n) is 4.30. The number of piperidine rings is 1. The number of nitrogens with zero attached hydrogens (tertiary/aromatic N) is 1. The summed E-state index contributed by atoms with van der Waals surface area (Å²) in [5, 5.41) is 21.3. The van der Waals surface area contributed by atoms with Crippen molar-refractivity contribution in [3.05, 3.63) is 21.9 Å². The summed E-state index contributed by atoms with van der Waals surface area (Å²) in [6.45, 7) is 1.60. The van der Waals surface area contributed by atoms with Gasteiger partial charge in [0.15, 0.2) is 0 Å². The van der Waals surface area contributed by atoms with Crippen molar-refractivity contribution in [3.63, 3.8) is 0 Å². The maximum absolute atomic E-state index is 11.0. The summed E-state index contributed by atoms with van der Waals surface area (Å²) in [5.41, 5.74) is -0.703. The Morgan fingerprint density at radius 3 is 2.69 bits per heavy atom. The molecule has 1 saturated heterocycles. The van der Waals surface area contributed by atoms with E-state index in [1.807, 2.05) is 7.05 Å². The lowest BCUT2D eigenvalue weighted by atomic mass is 9.88. The minimum atomic E-state index is -0.955. The fraction of sp³-hybridized carbons (Fsp3) is 0.545. The number of carbonyl (C=O) groups is 1.